The molecule has 1 aromatic heterocycles. The van der Waals surface area contributed by atoms with Gasteiger partial charge in [-0.3, -0.25) is 4.99 Å². The fourth-order valence-electron chi connectivity index (χ4n) is 0.576. The molecule has 10 heavy (non-hydrogen) atoms. The van der Waals surface area contributed by atoms with Gasteiger partial charge in [0.2, 0.25) is 0 Å². The standard InChI is InChI=1S/C4H5N3O2S/c1-5-4-6(7(8)9)2-3-10-4/h2-3H,1H3/p+1. The maximum Gasteiger partial charge on any atom is 0.399 e. The normalized spacial score (nSPS) is 11.9. The second kappa shape index (κ2) is 2.61. The van der Waals surface area contributed by atoms with Crippen LogP contribution in [-0.4, -0.2) is 16.8 Å². The number of thiazole rings is 1. The van der Waals surface area contributed by atoms with E-state index in [0.717, 1.165) is 4.68 Å². The lowest BCUT2D eigenvalue weighted by Crippen LogP contribution is -2.73. The van der Waals surface area contributed by atoms with Gasteiger partial charge in [-0.15, -0.1) is 0 Å². The highest BCUT2D eigenvalue weighted by Gasteiger charge is 2.11. The molecule has 0 aromatic carbocycles. The summed E-state index contributed by atoms with van der Waals surface area (Å²) in [5.74, 6) is 0. The maximum atomic E-state index is 10.2. The van der Waals surface area contributed by atoms with Crippen molar-refractivity contribution in [1.29, 1.82) is 0 Å². The summed E-state index contributed by atoms with van der Waals surface area (Å²) in [6.45, 7) is 0. The Morgan fingerprint density at radius 3 is 3.00 bits per heavy atom. The second-order valence-electron chi connectivity index (χ2n) is 1.54. The van der Waals surface area contributed by atoms with Gasteiger partial charge >= 0.3 is 4.80 Å². The zero-order chi connectivity index (χ0) is 7.56. The van der Waals surface area contributed by atoms with E-state index < -0.39 is 5.03 Å². The minimum atomic E-state index is -0.484. The van der Waals surface area contributed by atoms with E-state index in [4.69, 9.17) is 0 Å². The topological polar surface area (TPSA) is 62.0 Å². The van der Waals surface area contributed by atoms with Crippen molar-refractivity contribution < 1.29 is 10.0 Å². The smallest absolute Gasteiger partial charge is 0.263 e. The van der Waals surface area contributed by atoms with Crippen LogP contribution in [0.25, 0.3) is 0 Å². The van der Waals surface area contributed by atoms with Crippen molar-refractivity contribution >= 4 is 11.3 Å². The third-order valence-electron chi connectivity index (χ3n) is 0.980. The van der Waals surface area contributed by atoms with Gasteiger partial charge in [0, 0.05) is 5.38 Å². The first-order valence-electron chi connectivity index (χ1n) is 2.57. The van der Waals surface area contributed by atoms with Gasteiger partial charge in [-0.25, -0.2) is 10.1 Å². The Labute approximate surface area is 60.4 Å². The fraction of sp³-hybridized carbons (Fsp3) is 0.250. The predicted octanol–water partition coefficient (Wildman–Crippen LogP) is -1.80. The van der Waals surface area contributed by atoms with Crippen molar-refractivity contribution in [3.05, 3.63) is 26.5 Å². The minimum absolute atomic E-state index is 0.484. The quantitative estimate of drug-likeness (QED) is 0.389. The van der Waals surface area contributed by atoms with E-state index in [1.807, 2.05) is 0 Å². The van der Waals surface area contributed by atoms with Crippen LogP contribution in [0.15, 0.2) is 11.6 Å². The van der Waals surface area contributed by atoms with Crippen LogP contribution < -0.4 is 9.79 Å². The largest absolute Gasteiger partial charge is 0.399 e. The van der Waals surface area contributed by atoms with E-state index >= 15 is 0 Å². The van der Waals surface area contributed by atoms with Gasteiger partial charge in [0.05, 0.1) is 11.7 Å². The average molecular weight is 160 g/mol. The fourth-order valence-corrected chi connectivity index (χ4v) is 1.23. The highest BCUT2D eigenvalue weighted by Crippen LogP contribution is 1.84. The molecule has 0 bridgehead atoms. The van der Waals surface area contributed by atoms with Crippen LogP contribution in [0.5, 0.6) is 0 Å². The number of nitrogens with zero attached hydrogens (tertiary/aromatic N) is 2. The highest BCUT2D eigenvalue weighted by molar-refractivity contribution is 7.06. The molecule has 0 atom stereocenters. The zero-order valence-electron chi connectivity index (χ0n) is 5.27. The van der Waals surface area contributed by atoms with Crippen LogP contribution in [0.2, 0.25) is 0 Å². The number of hydrogen-bond donors (Lipinski definition) is 1. The molecule has 1 aromatic rings. The maximum absolute atomic E-state index is 10.2. The minimum Gasteiger partial charge on any atom is -0.263 e. The summed E-state index contributed by atoms with van der Waals surface area (Å²) in [5, 5.41) is 11.3. The molecule has 0 aliphatic heterocycles. The molecular formula is C4H6N3O2S+. The van der Waals surface area contributed by atoms with Gasteiger partial charge in [0.1, 0.15) is 0 Å². The van der Waals surface area contributed by atoms with Crippen molar-refractivity contribution in [2.24, 2.45) is 0 Å². The molecule has 0 fully saturated rings. The molecule has 0 unspecified atom stereocenters. The van der Waals surface area contributed by atoms with E-state index in [0.29, 0.717) is 4.80 Å². The van der Waals surface area contributed by atoms with Gasteiger partial charge in [-0.1, -0.05) is 0 Å². The van der Waals surface area contributed by atoms with Crippen molar-refractivity contribution in [3.63, 3.8) is 0 Å². The summed E-state index contributed by atoms with van der Waals surface area (Å²) >= 11 is 1.29. The van der Waals surface area contributed by atoms with Crippen LogP contribution in [-0.2, 0) is 0 Å². The molecule has 0 aliphatic rings. The Bertz CT molecular complexity index is 299. The Morgan fingerprint density at radius 1 is 1.90 bits per heavy atom. The Morgan fingerprint density at radius 2 is 2.60 bits per heavy atom. The lowest BCUT2D eigenvalue weighted by molar-refractivity contribution is -0.570. The van der Waals surface area contributed by atoms with Crippen LogP contribution in [0.3, 0.4) is 0 Å². The lowest BCUT2D eigenvalue weighted by Gasteiger charge is -1.76. The van der Waals surface area contributed by atoms with E-state index in [-0.39, 0.29) is 0 Å². The summed E-state index contributed by atoms with van der Waals surface area (Å²) in [7, 11) is 1.64. The number of hydrogen-bond acceptors (Lipinski definition) is 3. The first-order chi connectivity index (χ1) is 4.75. The van der Waals surface area contributed by atoms with Gasteiger partial charge in [-0.05, 0) is 11.3 Å². The van der Waals surface area contributed by atoms with Crippen molar-refractivity contribution in [2.45, 2.75) is 0 Å². The van der Waals surface area contributed by atoms with Gasteiger partial charge in [0.25, 0.3) is 5.03 Å². The number of nitro groups is 1. The third-order valence-corrected chi connectivity index (χ3v) is 1.85. The molecule has 1 rings (SSSR count). The molecular weight excluding hydrogens is 154 g/mol. The van der Waals surface area contributed by atoms with Gasteiger partial charge in [-0.2, -0.15) is 0 Å². The molecule has 0 aliphatic carbocycles. The summed E-state index contributed by atoms with van der Waals surface area (Å²) < 4.78 is 0.935. The zero-order valence-corrected chi connectivity index (χ0v) is 6.09. The van der Waals surface area contributed by atoms with Gasteiger partial charge < -0.3 is 0 Å². The summed E-state index contributed by atoms with van der Waals surface area (Å²) in [6, 6.07) is 0. The summed E-state index contributed by atoms with van der Waals surface area (Å²) in [4.78, 5) is 13.4. The molecule has 1 N–H and O–H groups in total. The summed E-state index contributed by atoms with van der Waals surface area (Å²) in [5.41, 5.74) is 0. The van der Waals surface area contributed by atoms with Crippen LogP contribution >= 0.6 is 11.3 Å². The van der Waals surface area contributed by atoms with Crippen LogP contribution in [0.4, 0.5) is 0 Å². The van der Waals surface area contributed by atoms with Gasteiger partial charge in [0.15, 0.2) is 6.20 Å². The molecule has 6 heteroatoms. The summed E-state index contributed by atoms with van der Waals surface area (Å²) in [6.07, 6.45) is 1.40. The molecule has 0 saturated carbocycles. The molecule has 0 amide bonds. The highest BCUT2D eigenvalue weighted by atomic mass is 32.1. The molecule has 54 valence electrons. The monoisotopic (exact) mass is 160 g/mol. The number of aromatic nitrogens is 1. The molecule has 0 saturated heterocycles. The van der Waals surface area contributed by atoms with E-state index in [1.165, 1.54) is 17.5 Å². The van der Waals surface area contributed by atoms with Crippen LogP contribution in [0, 0.1) is 10.1 Å². The molecule has 0 radical (unpaired) electrons. The lowest BCUT2D eigenvalue weighted by atomic mass is 11.0. The SMILES string of the molecule is C[NH+]=c1sccn1[N+](=O)[O-]. The van der Waals surface area contributed by atoms with E-state index in [9.17, 15) is 10.1 Å². The third kappa shape index (κ3) is 1.06. The Kier molecular flexibility index (Phi) is 1.81. The first kappa shape index (κ1) is 6.94. The molecule has 0 spiro atoms. The molecule has 5 nitrogen and oxygen atoms in total. The Hall–Kier alpha value is -1.17. The van der Waals surface area contributed by atoms with Crippen molar-refractivity contribution in [1.82, 2.24) is 4.68 Å². The first-order valence-corrected chi connectivity index (χ1v) is 3.45. The van der Waals surface area contributed by atoms with Crippen LogP contribution in [0.1, 0.15) is 0 Å². The number of nitrogens with one attached hydrogen (secondary N) is 1. The Balaban J connectivity index is 3.28. The molecule has 1 heterocycles. The second-order valence-corrected chi connectivity index (χ2v) is 2.44. The predicted molar refractivity (Wildman–Crippen MR) is 34.7 cm³/mol. The van der Waals surface area contributed by atoms with E-state index in [1.54, 1.807) is 12.4 Å². The average Bonchev–Trinajstić information content (AvgIpc) is 2.33. The van der Waals surface area contributed by atoms with Crippen molar-refractivity contribution in [2.75, 3.05) is 7.05 Å². The number of rotatable bonds is 1. The van der Waals surface area contributed by atoms with Crippen molar-refractivity contribution in [3.8, 4) is 0 Å². The van der Waals surface area contributed by atoms with E-state index in [2.05, 4.69) is 4.99 Å².